The summed E-state index contributed by atoms with van der Waals surface area (Å²) in [7, 11) is 0. The zero-order valence-corrected chi connectivity index (χ0v) is 13.8. The molecule has 0 radical (unpaired) electrons. The second-order valence-corrected chi connectivity index (χ2v) is 6.64. The zero-order valence-electron chi connectivity index (χ0n) is 13.8. The van der Waals surface area contributed by atoms with Crippen LogP contribution in [0.2, 0.25) is 0 Å². The van der Waals surface area contributed by atoms with E-state index in [0.29, 0.717) is 5.92 Å². The molecule has 1 amide bonds. The summed E-state index contributed by atoms with van der Waals surface area (Å²) < 4.78 is 0. The van der Waals surface area contributed by atoms with Crippen molar-refractivity contribution in [1.29, 1.82) is 0 Å². The Labute approximate surface area is 135 Å². The molecule has 1 aromatic heterocycles. The second kappa shape index (κ2) is 6.03. The number of H-pyrrole nitrogens is 1. The number of fused-ring (bicyclic) bond motifs is 1. The highest BCUT2D eigenvalue weighted by Crippen LogP contribution is 2.24. The molecule has 1 heterocycles. The van der Waals surface area contributed by atoms with Crippen LogP contribution < -0.4 is 10.9 Å². The van der Waals surface area contributed by atoms with Crippen molar-refractivity contribution in [3.05, 3.63) is 62.6 Å². The van der Waals surface area contributed by atoms with Gasteiger partial charge in [-0.1, -0.05) is 19.1 Å². The number of carbonyl (C=O) groups is 1. The van der Waals surface area contributed by atoms with E-state index in [1.165, 1.54) is 0 Å². The van der Waals surface area contributed by atoms with Gasteiger partial charge in [-0.2, -0.15) is 0 Å². The SMILES string of the molecule is Cc1ccc(C)c(NC(=O)c2cc3c([nH]c2=O)CC[C@@H](C)C3)c1. The van der Waals surface area contributed by atoms with E-state index in [1.807, 2.05) is 32.0 Å². The van der Waals surface area contributed by atoms with E-state index in [1.54, 1.807) is 6.07 Å². The van der Waals surface area contributed by atoms with Gasteiger partial charge in [-0.3, -0.25) is 9.59 Å². The fourth-order valence-corrected chi connectivity index (χ4v) is 3.11. The van der Waals surface area contributed by atoms with Crippen LogP contribution in [0.3, 0.4) is 0 Å². The van der Waals surface area contributed by atoms with Gasteiger partial charge in [0.1, 0.15) is 5.56 Å². The Morgan fingerprint density at radius 2 is 2.04 bits per heavy atom. The van der Waals surface area contributed by atoms with Crippen LogP contribution in [0, 0.1) is 19.8 Å². The normalized spacial score (nSPS) is 16.7. The van der Waals surface area contributed by atoms with E-state index < -0.39 is 0 Å². The lowest BCUT2D eigenvalue weighted by molar-refractivity contribution is 0.102. The molecular weight excluding hydrogens is 288 g/mol. The number of amides is 1. The van der Waals surface area contributed by atoms with Gasteiger partial charge < -0.3 is 10.3 Å². The molecule has 2 N–H and O–H groups in total. The van der Waals surface area contributed by atoms with Gasteiger partial charge in [-0.25, -0.2) is 0 Å². The average molecular weight is 310 g/mol. The summed E-state index contributed by atoms with van der Waals surface area (Å²) in [6, 6.07) is 7.65. The van der Waals surface area contributed by atoms with Crippen LogP contribution >= 0.6 is 0 Å². The summed E-state index contributed by atoms with van der Waals surface area (Å²) >= 11 is 0. The molecule has 120 valence electrons. The van der Waals surface area contributed by atoms with Crippen LogP contribution in [0.25, 0.3) is 0 Å². The summed E-state index contributed by atoms with van der Waals surface area (Å²) in [6.45, 7) is 6.11. The largest absolute Gasteiger partial charge is 0.325 e. The van der Waals surface area contributed by atoms with Crippen molar-refractivity contribution in [2.24, 2.45) is 5.92 Å². The topological polar surface area (TPSA) is 62.0 Å². The standard InChI is InChI=1S/C19H22N2O2/c1-11-5-7-16-14(8-11)10-15(18(22)20-16)19(23)21-17-9-12(2)4-6-13(17)3/h4,6,9-11H,5,7-8H2,1-3H3,(H,20,22)(H,21,23)/t11-/m1/s1. The van der Waals surface area contributed by atoms with E-state index in [2.05, 4.69) is 17.2 Å². The molecule has 1 aromatic carbocycles. The second-order valence-electron chi connectivity index (χ2n) is 6.64. The third-order valence-electron chi connectivity index (χ3n) is 4.56. The van der Waals surface area contributed by atoms with Gasteiger partial charge >= 0.3 is 0 Å². The Morgan fingerprint density at radius 3 is 2.83 bits per heavy atom. The third kappa shape index (κ3) is 3.21. The van der Waals surface area contributed by atoms with Gasteiger partial charge in [-0.15, -0.1) is 0 Å². The van der Waals surface area contributed by atoms with Crippen molar-refractivity contribution in [2.75, 3.05) is 5.32 Å². The van der Waals surface area contributed by atoms with E-state index in [4.69, 9.17) is 0 Å². The molecule has 0 fully saturated rings. The van der Waals surface area contributed by atoms with Crippen LogP contribution in [-0.4, -0.2) is 10.9 Å². The number of aromatic nitrogens is 1. The van der Waals surface area contributed by atoms with Crippen LogP contribution in [-0.2, 0) is 12.8 Å². The van der Waals surface area contributed by atoms with Gasteiger partial charge in [0.25, 0.3) is 11.5 Å². The lowest BCUT2D eigenvalue weighted by Crippen LogP contribution is -2.27. The first-order valence-corrected chi connectivity index (χ1v) is 8.07. The number of aromatic amines is 1. The number of hydrogen-bond donors (Lipinski definition) is 2. The molecule has 0 spiro atoms. The van der Waals surface area contributed by atoms with Crippen molar-refractivity contribution in [2.45, 2.75) is 40.0 Å². The lowest BCUT2D eigenvalue weighted by Gasteiger charge is -2.21. The maximum absolute atomic E-state index is 12.5. The molecule has 3 rings (SSSR count). The van der Waals surface area contributed by atoms with Crippen LogP contribution in [0.4, 0.5) is 5.69 Å². The number of nitrogens with one attached hydrogen (secondary N) is 2. The van der Waals surface area contributed by atoms with Crippen molar-refractivity contribution in [3.63, 3.8) is 0 Å². The van der Waals surface area contributed by atoms with Crippen LogP contribution in [0.15, 0.2) is 29.1 Å². The molecular formula is C19H22N2O2. The maximum atomic E-state index is 12.5. The molecule has 0 saturated heterocycles. The molecule has 0 aliphatic heterocycles. The molecule has 1 atom stereocenters. The van der Waals surface area contributed by atoms with Crippen molar-refractivity contribution in [3.8, 4) is 0 Å². The highest BCUT2D eigenvalue weighted by Gasteiger charge is 2.20. The number of pyridine rings is 1. The summed E-state index contributed by atoms with van der Waals surface area (Å²) in [5.74, 6) is 0.240. The Hall–Kier alpha value is -2.36. The fraction of sp³-hybridized carbons (Fsp3) is 0.368. The Balaban J connectivity index is 1.92. The van der Waals surface area contributed by atoms with Gasteiger partial charge in [-0.05, 0) is 67.9 Å². The molecule has 2 aromatic rings. The number of rotatable bonds is 2. The number of carbonyl (C=O) groups excluding carboxylic acids is 1. The van der Waals surface area contributed by atoms with E-state index in [0.717, 1.165) is 47.3 Å². The highest BCUT2D eigenvalue weighted by atomic mass is 16.2. The minimum Gasteiger partial charge on any atom is -0.325 e. The van der Waals surface area contributed by atoms with E-state index >= 15 is 0 Å². The molecule has 4 nitrogen and oxygen atoms in total. The summed E-state index contributed by atoms with van der Waals surface area (Å²) in [6.07, 6.45) is 2.87. The molecule has 0 saturated carbocycles. The van der Waals surface area contributed by atoms with Gasteiger partial charge in [0.2, 0.25) is 0 Å². The Morgan fingerprint density at radius 1 is 1.26 bits per heavy atom. The molecule has 23 heavy (non-hydrogen) atoms. The van der Waals surface area contributed by atoms with Gasteiger partial charge in [0.05, 0.1) is 0 Å². The summed E-state index contributed by atoms with van der Waals surface area (Å²) in [5, 5.41) is 2.87. The smallest absolute Gasteiger partial charge is 0.261 e. The predicted molar refractivity (Wildman–Crippen MR) is 92.1 cm³/mol. The third-order valence-corrected chi connectivity index (χ3v) is 4.56. The van der Waals surface area contributed by atoms with Crippen molar-refractivity contribution in [1.82, 2.24) is 4.98 Å². The molecule has 0 unspecified atom stereocenters. The highest BCUT2D eigenvalue weighted by molar-refractivity contribution is 6.04. The minimum absolute atomic E-state index is 0.193. The number of hydrogen-bond acceptors (Lipinski definition) is 2. The maximum Gasteiger partial charge on any atom is 0.261 e. The Bertz CT molecular complexity index is 821. The monoisotopic (exact) mass is 310 g/mol. The Kier molecular flexibility index (Phi) is 4.07. The number of aryl methyl sites for hydroxylation is 3. The van der Waals surface area contributed by atoms with Crippen LogP contribution in [0.1, 0.15) is 46.1 Å². The zero-order chi connectivity index (χ0) is 16.6. The number of benzene rings is 1. The first-order valence-electron chi connectivity index (χ1n) is 8.07. The summed E-state index contributed by atoms with van der Waals surface area (Å²) in [5.41, 5.74) is 4.76. The molecule has 0 bridgehead atoms. The summed E-state index contributed by atoms with van der Waals surface area (Å²) in [4.78, 5) is 27.7. The van der Waals surface area contributed by atoms with Gasteiger partial charge in [0, 0.05) is 11.4 Å². The number of anilines is 1. The molecule has 1 aliphatic carbocycles. The first kappa shape index (κ1) is 15.5. The lowest BCUT2D eigenvalue weighted by atomic mass is 9.87. The van der Waals surface area contributed by atoms with E-state index in [-0.39, 0.29) is 17.0 Å². The quantitative estimate of drug-likeness (QED) is 0.893. The fourth-order valence-electron chi connectivity index (χ4n) is 3.11. The minimum atomic E-state index is -0.346. The average Bonchev–Trinajstić information content (AvgIpc) is 2.50. The predicted octanol–water partition coefficient (Wildman–Crippen LogP) is 3.37. The van der Waals surface area contributed by atoms with Crippen molar-refractivity contribution >= 4 is 11.6 Å². The molecule has 4 heteroatoms. The van der Waals surface area contributed by atoms with Crippen molar-refractivity contribution < 1.29 is 4.79 Å². The molecule has 1 aliphatic rings. The van der Waals surface area contributed by atoms with E-state index in [9.17, 15) is 9.59 Å². The first-order chi connectivity index (χ1) is 10.9. The van der Waals surface area contributed by atoms with Gasteiger partial charge in [0.15, 0.2) is 0 Å². The van der Waals surface area contributed by atoms with Crippen LogP contribution in [0.5, 0.6) is 0 Å².